The number of benzene rings is 3. The van der Waals surface area contributed by atoms with Crippen molar-refractivity contribution in [2.45, 2.75) is 14.4 Å². The zero-order chi connectivity index (χ0) is 13.1. The second-order valence-corrected chi connectivity index (χ2v) is 4.81. The van der Waals surface area contributed by atoms with Crippen LogP contribution in [0.2, 0.25) is 0 Å². The lowest BCUT2D eigenvalue weighted by Gasteiger charge is -2.05. The zero-order valence-corrected chi connectivity index (χ0v) is 11.0. The highest BCUT2D eigenvalue weighted by Gasteiger charge is 1.99. The molecule has 0 amide bonds. The number of hydrogen-bond donors (Lipinski definition) is 0. The molecule has 0 aliphatic heterocycles. The van der Waals surface area contributed by atoms with Gasteiger partial charge in [-0.25, -0.2) is 0 Å². The Bertz CT molecular complexity index is 647. The Morgan fingerprint density at radius 3 is 1.25 bits per heavy atom. The molecular formula is C20H20. The first-order valence-electron chi connectivity index (χ1n) is 6.55. The molecule has 0 radical (unpaired) electrons. The van der Waals surface area contributed by atoms with E-state index < -0.39 is 0 Å². The SMILES string of the molecule is C.Cc1ccc(-c2ccc(-c3ccccc3)cc2)cc1. The standard InChI is InChI=1S/C19H16.CH4/c1-15-7-9-17(10-8-15)19-13-11-18(12-14-19)16-5-3-2-4-6-16;/h2-14H,1H3;1H4. The first-order valence-corrected chi connectivity index (χ1v) is 6.55. The molecule has 0 N–H and O–H groups in total. The van der Waals surface area contributed by atoms with Gasteiger partial charge in [0.25, 0.3) is 0 Å². The predicted octanol–water partition coefficient (Wildman–Crippen LogP) is 5.97. The monoisotopic (exact) mass is 260 g/mol. The average molecular weight is 260 g/mol. The molecule has 0 unspecified atom stereocenters. The van der Waals surface area contributed by atoms with E-state index >= 15 is 0 Å². The van der Waals surface area contributed by atoms with E-state index in [4.69, 9.17) is 0 Å². The maximum Gasteiger partial charge on any atom is -0.0184 e. The molecule has 0 aliphatic rings. The van der Waals surface area contributed by atoms with Crippen molar-refractivity contribution in [3.63, 3.8) is 0 Å². The largest absolute Gasteiger partial charge is 0.0776 e. The van der Waals surface area contributed by atoms with E-state index in [-0.39, 0.29) is 7.43 Å². The van der Waals surface area contributed by atoms with E-state index in [0.717, 1.165) is 0 Å². The molecule has 100 valence electrons. The number of aryl methyl sites for hydroxylation is 1. The van der Waals surface area contributed by atoms with Crippen molar-refractivity contribution >= 4 is 0 Å². The minimum absolute atomic E-state index is 0. The highest BCUT2D eigenvalue weighted by molar-refractivity contribution is 5.70. The first kappa shape index (κ1) is 14.1. The summed E-state index contributed by atoms with van der Waals surface area (Å²) in [6.07, 6.45) is 0. The second kappa shape index (κ2) is 6.21. The fraction of sp³-hybridized carbons (Fsp3) is 0.100. The van der Waals surface area contributed by atoms with Crippen LogP contribution in [0.15, 0.2) is 78.9 Å². The molecule has 0 spiro atoms. The normalized spacial score (nSPS) is 9.85. The van der Waals surface area contributed by atoms with Crippen LogP contribution in [0.1, 0.15) is 13.0 Å². The van der Waals surface area contributed by atoms with Gasteiger partial charge in [-0.1, -0.05) is 91.9 Å². The van der Waals surface area contributed by atoms with Crippen molar-refractivity contribution in [1.82, 2.24) is 0 Å². The van der Waals surface area contributed by atoms with Gasteiger partial charge in [0, 0.05) is 0 Å². The molecule has 3 aromatic rings. The van der Waals surface area contributed by atoms with Crippen LogP contribution in [0.25, 0.3) is 22.3 Å². The summed E-state index contributed by atoms with van der Waals surface area (Å²) in [5, 5.41) is 0. The van der Waals surface area contributed by atoms with E-state index in [1.807, 2.05) is 6.07 Å². The summed E-state index contributed by atoms with van der Waals surface area (Å²) in [7, 11) is 0. The minimum atomic E-state index is 0. The summed E-state index contributed by atoms with van der Waals surface area (Å²) in [6.45, 7) is 2.11. The summed E-state index contributed by atoms with van der Waals surface area (Å²) in [5.41, 5.74) is 6.35. The van der Waals surface area contributed by atoms with Gasteiger partial charge in [-0.05, 0) is 29.2 Å². The smallest absolute Gasteiger partial charge is 0.0184 e. The lowest BCUT2D eigenvalue weighted by molar-refractivity contribution is 1.47. The number of hydrogen-bond acceptors (Lipinski definition) is 0. The minimum Gasteiger partial charge on any atom is -0.0776 e. The molecule has 3 aromatic carbocycles. The van der Waals surface area contributed by atoms with E-state index in [0.29, 0.717) is 0 Å². The third kappa shape index (κ3) is 2.97. The summed E-state index contributed by atoms with van der Waals surface area (Å²) in [5.74, 6) is 0. The third-order valence-corrected chi connectivity index (χ3v) is 3.38. The van der Waals surface area contributed by atoms with E-state index in [1.54, 1.807) is 0 Å². The molecule has 0 bridgehead atoms. The fourth-order valence-corrected chi connectivity index (χ4v) is 2.23. The summed E-state index contributed by atoms with van der Waals surface area (Å²) >= 11 is 0. The molecular weight excluding hydrogens is 240 g/mol. The van der Waals surface area contributed by atoms with Crippen molar-refractivity contribution in [2.24, 2.45) is 0 Å². The van der Waals surface area contributed by atoms with Crippen molar-refractivity contribution in [1.29, 1.82) is 0 Å². The third-order valence-electron chi connectivity index (χ3n) is 3.38. The van der Waals surface area contributed by atoms with E-state index in [9.17, 15) is 0 Å². The van der Waals surface area contributed by atoms with E-state index in [2.05, 4.69) is 79.7 Å². The van der Waals surface area contributed by atoms with Crippen molar-refractivity contribution < 1.29 is 0 Å². The molecule has 0 nitrogen and oxygen atoms in total. The van der Waals surface area contributed by atoms with Gasteiger partial charge >= 0.3 is 0 Å². The molecule has 0 saturated carbocycles. The Kier molecular flexibility index (Phi) is 4.37. The lowest BCUT2D eigenvalue weighted by atomic mass is 10.00. The topological polar surface area (TPSA) is 0 Å². The summed E-state index contributed by atoms with van der Waals surface area (Å²) in [4.78, 5) is 0. The van der Waals surface area contributed by atoms with Crippen LogP contribution in [0.4, 0.5) is 0 Å². The van der Waals surface area contributed by atoms with Crippen LogP contribution in [0.3, 0.4) is 0 Å². The molecule has 0 atom stereocenters. The lowest BCUT2D eigenvalue weighted by Crippen LogP contribution is -1.80. The molecule has 3 rings (SSSR count). The Morgan fingerprint density at radius 1 is 0.450 bits per heavy atom. The van der Waals surface area contributed by atoms with Crippen molar-refractivity contribution in [2.75, 3.05) is 0 Å². The highest BCUT2D eigenvalue weighted by atomic mass is 14.0. The van der Waals surface area contributed by atoms with Gasteiger partial charge in [-0.15, -0.1) is 0 Å². The molecule has 0 aromatic heterocycles. The quantitative estimate of drug-likeness (QED) is 0.533. The van der Waals surface area contributed by atoms with Crippen LogP contribution in [0.5, 0.6) is 0 Å². The highest BCUT2D eigenvalue weighted by Crippen LogP contribution is 2.24. The van der Waals surface area contributed by atoms with E-state index in [1.165, 1.54) is 27.8 Å². The van der Waals surface area contributed by atoms with Gasteiger partial charge in [-0.2, -0.15) is 0 Å². The molecule has 0 fully saturated rings. The average Bonchev–Trinajstić information content (AvgIpc) is 2.49. The van der Waals surface area contributed by atoms with Gasteiger partial charge in [0.05, 0.1) is 0 Å². The molecule has 0 aliphatic carbocycles. The van der Waals surface area contributed by atoms with Gasteiger partial charge in [0.1, 0.15) is 0 Å². The van der Waals surface area contributed by atoms with Crippen LogP contribution in [-0.4, -0.2) is 0 Å². The zero-order valence-electron chi connectivity index (χ0n) is 11.0. The Balaban J connectivity index is 0.00000147. The first-order chi connectivity index (χ1) is 9.33. The summed E-state index contributed by atoms with van der Waals surface area (Å²) in [6, 6.07) is 27.9. The van der Waals surface area contributed by atoms with Crippen molar-refractivity contribution in [3.8, 4) is 22.3 Å². The maximum atomic E-state index is 2.19. The van der Waals surface area contributed by atoms with Crippen molar-refractivity contribution in [3.05, 3.63) is 84.4 Å². The van der Waals surface area contributed by atoms with Crippen LogP contribution < -0.4 is 0 Å². The molecule has 0 heterocycles. The van der Waals surface area contributed by atoms with Gasteiger partial charge < -0.3 is 0 Å². The Morgan fingerprint density at radius 2 is 0.800 bits per heavy atom. The molecule has 20 heavy (non-hydrogen) atoms. The summed E-state index contributed by atoms with van der Waals surface area (Å²) < 4.78 is 0. The maximum absolute atomic E-state index is 2.19. The Hall–Kier alpha value is -2.34. The number of rotatable bonds is 2. The predicted molar refractivity (Wildman–Crippen MR) is 88.8 cm³/mol. The van der Waals surface area contributed by atoms with Gasteiger partial charge in [0.15, 0.2) is 0 Å². The van der Waals surface area contributed by atoms with Crippen LogP contribution >= 0.6 is 0 Å². The van der Waals surface area contributed by atoms with Gasteiger partial charge in [0.2, 0.25) is 0 Å². The van der Waals surface area contributed by atoms with Crippen LogP contribution in [0, 0.1) is 6.92 Å². The molecule has 0 saturated heterocycles. The van der Waals surface area contributed by atoms with Crippen LogP contribution in [-0.2, 0) is 0 Å². The second-order valence-electron chi connectivity index (χ2n) is 4.81. The van der Waals surface area contributed by atoms with Gasteiger partial charge in [-0.3, -0.25) is 0 Å². The Labute approximate surface area is 121 Å². The molecule has 0 heteroatoms. The fourth-order valence-electron chi connectivity index (χ4n) is 2.23.